The van der Waals surface area contributed by atoms with Gasteiger partial charge in [-0.3, -0.25) is 19.1 Å². The molecule has 1 amide bonds. The minimum Gasteiger partial charge on any atom is -0.281 e. The fourth-order valence-electron chi connectivity index (χ4n) is 3.71. The molecule has 0 aliphatic carbocycles. The molecular weight excluding hydrogens is 408 g/mol. The summed E-state index contributed by atoms with van der Waals surface area (Å²) in [5.74, 6) is 0.219. The third kappa shape index (κ3) is 4.25. The summed E-state index contributed by atoms with van der Waals surface area (Å²) in [6, 6.07) is 10.1. The third-order valence-electron chi connectivity index (χ3n) is 5.36. The van der Waals surface area contributed by atoms with E-state index in [2.05, 4.69) is 42.2 Å². The van der Waals surface area contributed by atoms with Gasteiger partial charge in [-0.05, 0) is 50.5 Å². The molecule has 0 atom stereocenters. The van der Waals surface area contributed by atoms with E-state index in [1.165, 1.54) is 5.56 Å². The number of rotatable bonds is 7. The summed E-state index contributed by atoms with van der Waals surface area (Å²) < 4.78 is 4.79. The Labute approximate surface area is 186 Å². The molecule has 0 unspecified atom stereocenters. The van der Waals surface area contributed by atoms with Gasteiger partial charge in [0.15, 0.2) is 10.8 Å². The summed E-state index contributed by atoms with van der Waals surface area (Å²) in [5, 5.41) is 9.67. The monoisotopic (exact) mass is 436 g/mol. The van der Waals surface area contributed by atoms with Crippen molar-refractivity contribution in [2.75, 3.05) is 11.4 Å². The van der Waals surface area contributed by atoms with Crippen molar-refractivity contribution in [3.05, 3.63) is 59.2 Å². The van der Waals surface area contributed by atoms with Crippen molar-refractivity contribution in [2.45, 2.75) is 53.6 Å². The minimum atomic E-state index is -0.140. The van der Waals surface area contributed by atoms with E-state index in [0.717, 1.165) is 28.1 Å². The summed E-state index contributed by atoms with van der Waals surface area (Å²) >= 11 is 1.55. The van der Waals surface area contributed by atoms with Gasteiger partial charge in [-0.1, -0.05) is 37.3 Å². The summed E-state index contributed by atoms with van der Waals surface area (Å²) in [6.45, 7) is 12.1. The molecule has 0 saturated carbocycles. The zero-order valence-electron chi connectivity index (χ0n) is 18.7. The van der Waals surface area contributed by atoms with E-state index >= 15 is 0 Å². The lowest BCUT2D eigenvalue weighted by Crippen LogP contribution is -2.34. The first-order valence-corrected chi connectivity index (χ1v) is 11.4. The number of hydrogen-bond donors (Lipinski definition) is 0. The van der Waals surface area contributed by atoms with Crippen LogP contribution in [0.3, 0.4) is 0 Å². The number of hydrogen-bond acceptors (Lipinski definition) is 5. The molecule has 8 heteroatoms. The second kappa shape index (κ2) is 8.63. The maximum absolute atomic E-state index is 13.5. The van der Waals surface area contributed by atoms with Gasteiger partial charge in [0.25, 0.3) is 5.91 Å². The first kappa shape index (κ1) is 21.2. The Morgan fingerprint density at radius 1 is 1.19 bits per heavy atom. The lowest BCUT2D eigenvalue weighted by atomic mass is 10.0. The van der Waals surface area contributed by atoms with Crippen molar-refractivity contribution >= 4 is 32.6 Å². The van der Waals surface area contributed by atoms with Crippen LogP contribution < -0.4 is 4.90 Å². The van der Waals surface area contributed by atoms with Gasteiger partial charge >= 0.3 is 0 Å². The number of benzene rings is 1. The maximum atomic E-state index is 13.5. The molecule has 0 N–H and O–H groups in total. The van der Waals surface area contributed by atoms with Gasteiger partial charge in [0.1, 0.15) is 0 Å². The highest BCUT2D eigenvalue weighted by molar-refractivity contribution is 7.22. The van der Waals surface area contributed by atoms with E-state index in [4.69, 9.17) is 4.98 Å². The second-order valence-corrected chi connectivity index (χ2v) is 9.02. The number of fused-ring (bicyclic) bond motifs is 1. The van der Waals surface area contributed by atoms with E-state index in [9.17, 15) is 4.79 Å². The van der Waals surface area contributed by atoms with Crippen LogP contribution in [0.2, 0.25) is 0 Å². The highest BCUT2D eigenvalue weighted by atomic mass is 32.1. The molecule has 0 aliphatic rings. The Morgan fingerprint density at radius 3 is 2.65 bits per heavy atom. The number of aromatic nitrogens is 5. The molecule has 7 nitrogen and oxygen atoms in total. The van der Waals surface area contributed by atoms with Crippen molar-refractivity contribution in [3.8, 4) is 0 Å². The standard InChI is InChI=1S/C23H28N6OS/c1-6-27-11-10-19(26-27)22(30)28(12-13-29-17(5)14-16(4)25-29)23-24-21-18(15(2)3)8-7-9-20(21)31-23/h7-11,14-15H,6,12-13H2,1-5H3. The number of thiazole rings is 1. The smallest absolute Gasteiger partial charge is 0.280 e. The Kier molecular flexibility index (Phi) is 5.91. The molecule has 0 fully saturated rings. The van der Waals surface area contributed by atoms with Crippen LogP contribution in [0.15, 0.2) is 36.5 Å². The number of amides is 1. The number of anilines is 1. The van der Waals surface area contributed by atoms with Crippen molar-refractivity contribution in [1.29, 1.82) is 0 Å². The van der Waals surface area contributed by atoms with Crippen LogP contribution in [0, 0.1) is 13.8 Å². The Hall–Kier alpha value is -3.00. The van der Waals surface area contributed by atoms with Gasteiger partial charge in [0.05, 0.1) is 22.5 Å². The number of aryl methyl sites for hydroxylation is 3. The molecule has 4 aromatic rings. The van der Waals surface area contributed by atoms with E-state index in [1.807, 2.05) is 37.7 Å². The summed E-state index contributed by atoms with van der Waals surface area (Å²) in [5.41, 5.74) is 4.64. The van der Waals surface area contributed by atoms with E-state index < -0.39 is 0 Å². The fraction of sp³-hybridized carbons (Fsp3) is 0.391. The largest absolute Gasteiger partial charge is 0.281 e. The fourth-order valence-corrected chi connectivity index (χ4v) is 4.73. The number of carbonyl (C=O) groups excluding carboxylic acids is 1. The van der Waals surface area contributed by atoms with Crippen molar-refractivity contribution in [3.63, 3.8) is 0 Å². The molecule has 0 aliphatic heterocycles. The molecule has 4 rings (SSSR count). The average Bonchev–Trinajstić information content (AvgIpc) is 3.45. The highest BCUT2D eigenvalue weighted by Crippen LogP contribution is 2.34. The molecule has 0 bridgehead atoms. The van der Waals surface area contributed by atoms with E-state index in [0.29, 0.717) is 29.8 Å². The normalized spacial score (nSPS) is 11.5. The van der Waals surface area contributed by atoms with E-state index in [-0.39, 0.29) is 5.91 Å². The minimum absolute atomic E-state index is 0.140. The average molecular weight is 437 g/mol. The lowest BCUT2D eigenvalue weighted by molar-refractivity contribution is 0.0980. The first-order chi connectivity index (χ1) is 14.9. The molecule has 31 heavy (non-hydrogen) atoms. The van der Waals surface area contributed by atoms with Gasteiger partial charge in [0, 0.05) is 25.0 Å². The van der Waals surface area contributed by atoms with Gasteiger partial charge in [-0.25, -0.2) is 4.98 Å². The van der Waals surface area contributed by atoms with Crippen LogP contribution >= 0.6 is 11.3 Å². The van der Waals surface area contributed by atoms with Gasteiger partial charge in [-0.2, -0.15) is 10.2 Å². The first-order valence-electron chi connectivity index (χ1n) is 10.6. The molecule has 0 spiro atoms. The Bertz CT molecular complexity index is 1220. The van der Waals surface area contributed by atoms with Crippen LogP contribution in [-0.4, -0.2) is 37.0 Å². The zero-order chi connectivity index (χ0) is 22.1. The maximum Gasteiger partial charge on any atom is 0.280 e. The van der Waals surface area contributed by atoms with E-state index in [1.54, 1.807) is 27.0 Å². The third-order valence-corrected chi connectivity index (χ3v) is 6.40. The second-order valence-electron chi connectivity index (χ2n) is 8.01. The topological polar surface area (TPSA) is 68.8 Å². The van der Waals surface area contributed by atoms with Crippen LogP contribution in [0.1, 0.15) is 54.1 Å². The Morgan fingerprint density at radius 2 is 2.00 bits per heavy atom. The van der Waals surface area contributed by atoms with Gasteiger partial charge in [0.2, 0.25) is 0 Å². The summed E-state index contributed by atoms with van der Waals surface area (Å²) in [6.07, 6.45) is 1.83. The van der Waals surface area contributed by atoms with Gasteiger partial charge < -0.3 is 0 Å². The van der Waals surface area contributed by atoms with Crippen LogP contribution in [0.4, 0.5) is 5.13 Å². The molecule has 1 aromatic carbocycles. The molecule has 3 aromatic heterocycles. The van der Waals surface area contributed by atoms with Crippen molar-refractivity contribution in [1.82, 2.24) is 24.5 Å². The van der Waals surface area contributed by atoms with Gasteiger partial charge in [-0.15, -0.1) is 0 Å². The predicted molar refractivity (Wildman–Crippen MR) is 125 cm³/mol. The molecule has 0 saturated heterocycles. The summed E-state index contributed by atoms with van der Waals surface area (Å²) in [4.78, 5) is 20.1. The van der Waals surface area contributed by atoms with Crippen LogP contribution in [0.25, 0.3) is 10.2 Å². The lowest BCUT2D eigenvalue weighted by Gasteiger charge is -2.19. The number of carbonyl (C=O) groups is 1. The Balaban J connectivity index is 1.72. The zero-order valence-corrected chi connectivity index (χ0v) is 19.5. The molecule has 3 heterocycles. The number of para-hydroxylation sites is 1. The quantitative estimate of drug-likeness (QED) is 0.417. The molecule has 0 radical (unpaired) electrons. The van der Waals surface area contributed by atoms with Crippen molar-refractivity contribution < 1.29 is 4.79 Å². The summed E-state index contributed by atoms with van der Waals surface area (Å²) in [7, 11) is 0. The molecular formula is C23H28N6OS. The molecule has 162 valence electrons. The van der Waals surface area contributed by atoms with Crippen LogP contribution in [0.5, 0.6) is 0 Å². The SMILES string of the molecule is CCn1ccc(C(=O)N(CCn2nc(C)cc2C)c2nc3c(C(C)C)cccc3s2)n1. The van der Waals surface area contributed by atoms with Crippen molar-refractivity contribution in [2.24, 2.45) is 0 Å². The van der Waals surface area contributed by atoms with Crippen LogP contribution in [-0.2, 0) is 13.1 Å². The number of nitrogens with zero attached hydrogens (tertiary/aromatic N) is 6. The predicted octanol–water partition coefficient (Wildman–Crippen LogP) is 4.80. The highest BCUT2D eigenvalue weighted by Gasteiger charge is 2.24.